The molecule has 4 nitrogen and oxygen atoms in total. The summed E-state index contributed by atoms with van der Waals surface area (Å²) < 4.78 is 12.9. The zero-order chi connectivity index (χ0) is 19.8. The third-order valence-electron chi connectivity index (χ3n) is 5.08. The van der Waals surface area contributed by atoms with E-state index in [2.05, 4.69) is 61.5 Å². The van der Waals surface area contributed by atoms with Crippen molar-refractivity contribution in [1.82, 2.24) is 5.43 Å². The molecule has 0 spiro atoms. The molecule has 2 aromatic carbocycles. The van der Waals surface area contributed by atoms with Crippen LogP contribution < -0.4 is 10.3 Å². The lowest BCUT2D eigenvalue weighted by Crippen LogP contribution is -2.42. The second kappa shape index (κ2) is 6.99. The fourth-order valence-corrected chi connectivity index (χ4v) is 3.28. The normalized spacial score (nSPS) is 15.5. The molecule has 27 heavy (non-hydrogen) atoms. The Hall–Kier alpha value is -2.95. The minimum absolute atomic E-state index is 0.0394. The van der Waals surface area contributed by atoms with E-state index < -0.39 is 0 Å². The predicted molar refractivity (Wildman–Crippen MR) is 109 cm³/mol. The molecule has 3 rings (SSSR count). The number of aryl methyl sites for hydroxylation is 1. The molecule has 2 aromatic rings. The van der Waals surface area contributed by atoms with Crippen molar-refractivity contribution in [3.63, 3.8) is 0 Å². The number of allylic oxidation sites excluding steroid dienone is 1. The Balaban J connectivity index is 1.82. The van der Waals surface area contributed by atoms with Crippen LogP contribution >= 0.6 is 0 Å². The van der Waals surface area contributed by atoms with Crippen LogP contribution in [0.15, 0.2) is 47.6 Å². The summed E-state index contributed by atoms with van der Waals surface area (Å²) in [6.45, 7) is 8.52. The summed E-state index contributed by atoms with van der Waals surface area (Å²) in [7, 11) is 2.10. The topological polar surface area (TPSA) is 44.7 Å². The molecule has 0 saturated carbocycles. The number of amides is 1. The smallest absolute Gasteiger partial charge is 0.271 e. The maximum Gasteiger partial charge on any atom is 0.271 e. The summed E-state index contributed by atoms with van der Waals surface area (Å²) in [6.07, 6.45) is 3.89. The molecular weight excluding hydrogens is 341 g/mol. The van der Waals surface area contributed by atoms with E-state index in [0.717, 1.165) is 16.7 Å². The van der Waals surface area contributed by atoms with Crippen LogP contribution in [0.2, 0.25) is 0 Å². The summed E-state index contributed by atoms with van der Waals surface area (Å²) in [6, 6.07) is 9.59. The van der Waals surface area contributed by atoms with E-state index in [1.165, 1.54) is 35.5 Å². The van der Waals surface area contributed by atoms with Gasteiger partial charge in [-0.15, -0.1) is 0 Å². The highest BCUT2D eigenvalue weighted by atomic mass is 19.1. The first kappa shape index (κ1) is 18.8. The maximum atomic E-state index is 12.9. The number of halogens is 1. The van der Waals surface area contributed by atoms with E-state index >= 15 is 0 Å². The van der Waals surface area contributed by atoms with E-state index in [1.807, 2.05) is 6.92 Å². The summed E-state index contributed by atoms with van der Waals surface area (Å²) in [5.74, 6) is -0.754. The van der Waals surface area contributed by atoms with Gasteiger partial charge in [0, 0.05) is 23.9 Å². The first-order chi connectivity index (χ1) is 12.7. The molecule has 1 heterocycles. The number of fused-ring (bicyclic) bond motifs is 1. The Bertz CT molecular complexity index is 943. The van der Waals surface area contributed by atoms with Crippen molar-refractivity contribution in [2.45, 2.75) is 33.2 Å². The van der Waals surface area contributed by atoms with Gasteiger partial charge in [0.25, 0.3) is 5.91 Å². The Morgan fingerprint density at radius 1 is 1.19 bits per heavy atom. The highest BCUT2D eigenvalue weighted by Crippen LogP contribution is 2.38. The number of hydrogen-bond acceptors (Lipinski definition) is 3. The molecular formula is C22H24FN3O. The van der Waals surface area contributed by atoms with Gasteiger partial charge in [-0.05, 0) is 80.8 Å². The zero-order valence-electron chi connectivity index (χ0n) is 16.3. The quantitative estimate of drug-likeness (QED) is 0.642. The number of rotatable bonds is 3. The molecule has 0 bridgehead atoms. The average molecular weight is 365 g/mol. The summed E-state index contributed by atoms with van der Waals surface area (Å²) in [4.78, 5) is 14.3. The zero-order valence-corrected chi connectivity index (χ0v) is 16.3. The lowest BCUT2D eigenvalue weighted by molar-refractivity contribution is 0.0955. The van der Waals surface area contributed by atoms with E-state index in [9.17, 15) is 9.18 Å². The van der Waals surface area contributed by atoms with Gasteiger partial charge in [0.2, 0.25) is 0 Å². The summed E-state index contributed by atoms with van der Waals surface area (Å²) in [5.41, 5.74) is 8.39. The Labute approximate surface area is 159 Å². The van der Waals surface area contributed by atoms with Crippen LogP contribution in [0.5, 0.6) is 0 Å². The third kappa shape index (κ3) is 3.77. The van der Waals surface area contributed by atoms with Crippen LogP contribution in [0.4, 0.5) is 10.1 Å². The van der Waals surface area contributed by atoms with Crippen LogP contribution in [0, 0.1) is 12.7 Å². The van der Waals surface area contributed by atoms with Gasteiger partial charge in [-0.2, -0.15) is 5.10 Å². The molecule has 0 atom stereocenters. The molecule has 1 aliphatic heterocycles. The highest BCUT2D eigenvalue weighted by Gasteiger charge is 2.28. The summed E-state index contributed by atoms with van der Waals surface area (Å²) in [5, 5.41) is 4.07. The number of anilines is 1. The highest BCUT2D eigenvalue weighted by molar-refractivity contribution is 5.95. The van der Waals surface area contributed by atoms with Crippen molar-refractivity contribution in [2.75, 3.05) is 11.9 Å². The van der Waals surface area contributed by atoms with E-state index in [0.29, 0.717) is 5.56 Å². The predicted octanol–water partition coefficient (Wildman–Crippen LogP) is 4.53. The van der Waals surface area contributed by atoms with E-state index in [4.69, 9.17) is 0 Å². The number of nitrogens with one attached hydrogen (secondary N) is 1. The molecule has 1 amide bonds. The van der Waals surface area contributed by atoms with Gasteiger partial charge in [0.1, 0.15) is 5.82 Å². The van der Waals surface area contributed by atoms with Crippen molar-refractivity contribution in [3.8, 4) is 0 Å². The molecule has 0 radical (unpaired) electrons. The van der Waals surface area contributed by atoms with Crippen LogP contribution in [-0.4, -0.2) is 24.7 Å². The standard InChI is InChI=1S/C22H24FN3O/c1-14-10-20-19(15(2)12-22(3,4)26(20)5)11-17(14)13-24-25-21(27)16-6-8-18(23)9-7-16/h6-13H,1-5H3,(H,25,27)/b24-13+. The molecule has 1 aliphatic rings. The maximum absolute atomic E-state index is 12.9. The first-order valence-electron chi connectivity index (χ1n) is 8.86. The van der Waals surface area contributed by atoms with Crippen LogP contribution in [0.3, 0.4) is 0 Å². The van der Waals surface area contributed by atoms with Gasteiger partial charge in [0.05, 0.1) is 11.8 Å². The third-order valence-corrected chi connectivity index (χ3v) is 5.08. The van der Waals surface area contributed by atoms with Crippen molar-refractivity contribution in [3.05, 3.63) is 70.5 Å². The van der Waals surface area contributed by atoms with Gasteiger partial charge in [-0.25, -0.2) is 9.82 Å². The molecule has 0 unspecified atom stereocenters. The van der Waals surface area contributed by atoms with Crippen LogP contribution in [-0.2, 0) is 0 Å². The van der Waals surface area contributed by atoms with Gasteiger partial charge < -0.3 is 4.90 Å². The fraction of sp³-hybridized carbons (Fsp3) is 0.273. The Morgan fingerprint density at radius 2 is 1.85 bits per heavy atom. The van der Waals surface area contributed by atoms with Crippen molar-refractivity contribution in [2.24, 2.45) is 5.10 Å². The minimum atomic E-state index is -0.378. The van der Waals surface area contributed by atoms with Crippen molar-refractivity contribution >= 4 is 23.4 Å². The summed E-state index contributed by atoms with van der Waals surface area (Å²) >= 11 is 0. The number of hydrazone groups is 1. The molecule has 140 valence electrons. The molecule has 0 fully saturated rings. The number of carbonyl (C=O) groups is 1. The molecule has 0 saturated heterocycles. The molecule has 0 aromatic heterocycles. The molecule has 1 N–H and O–H groups in total. The van der Waals surface area contributed by atoms with Crippen LogP contribution in [0.1, 0.15) is 47.8 Å². The van der Waals surface area contributed by atoms with Crippen LogP contribution in [0.25, 0.3) is 5.57 Å². The number of nitrogens with zero attached hydrogens (tertiary/aromatic N) is 2. The SMILES string of the molecule is CC1=CC(C)(C)N(C)c2cc(C)c(/C=N/NC(=O)c3ccc(F)cc3)cc21. The largest absolute Gasteiger partial charge is 0.365 e. The Kier molecular flexibility index (Phi) is 4.87. The number of benzene rings is 2. The van der Waals surface area contributed by atoms with Gasteiger partial charge in [-0.1, -0.05) is 6.08 Å². The first-order valence-corrected chi connectivity index (χ1v) is 8.86. The number of hydrogen-bond donors (Lipinski definition) is 1. The number of likely N-dealkylation sites (N-methyl/N-ethyl adjacent to an activating group) is 1. The lowest BCUT2D eigenvalue weighted by Gasteiger charge is -2.41. The Morgan fingerprint density at radius 3 is 2.52 bits per heavy atom. The fourth-order valence-electron chi connectivity index (χ4n) is 3.28. The molecule has 5 heteroatoms. The monoisotopic (exact) mass is 365 g/mol. The lowest BCUT2D eigenvalue weighted by atomic mass is 9.87. The van der Waals surface area contributed by atoms with E-state index in [-0.39, 0.29) is 17.3 Å². The number of carbonyl (C=O) groups excluding carboxylic acids is 1. The molecule has 0 aliphatic carbocycles. The average Bonchev–Trinajstić information content (AvgIpc) is 2.61. The second-order valence-electron chi connectivity index (χ2n) is 7.47. The second-order valence-corrected chi connectivity index (χ2v) is 7.47. The van der Waals surface area contributed by atoms with Crippen molar-refractivity contribution in [1.29, 1.82) is 0 Å². The van der Waals surface area contributed by atoms with E-state index in [1.54, 1.807) is 6.21 Å². The van der Waals surface area contributed by atoms with Crippen molar-refractivity contribution < 1.29 is 9.18 Å². The minimum Gasteiger partial charge on any atom is -0.365 e. The van der Waals surface area contributed by atoms with Gasteiger partial charge in [-0.3, -0.25) is 4.79 Å². The van der Waals surface area contributed by atoms with Gasteiger partial charge in [0.15, 0.2) is 0 Å². The van der Waals surface area contributed by atoms with Gasteiger partial charge >= 0.3 is 0 Å².